The Hall–Kier alpha value is -6.00. The summed E-state index contributed by atoms with van der Waals surface area (Å²) in [6, 6.07) is 39.9. The second kappa shape index (κ2) is 10.3. The molecular formula is C36H28N8OS. The smallest absolute Gasteiger partial charge is 0.216 e. The minimum Gasteiger partial charge on any atom is -0.447 e. The molecule has 0 saturated carbocycles. The van der Waals surface area contributed by atoms with Crippen LogP contribution in [0, 0.1) is 0 Å². The number of nitrogens with zero attached hydrogens (tertiary/aromatic N) is 5. The van der Waals surface area contributed by atoms with Gasteiger partial charge in [-0.25, -0.2) is 15.0 Å². The third-order valence-corrected chi connectivity index (χ3v) is 9.70. The highest BCUT2D eigenvalue weighted by molar-refractivity contribution is 7.14. The molecule has 5 aromatic heterocycles. The van der Waals surface area contributed by atoms with E-state index in [1.54, 1.807) is 17.6 Å². The maximum atomic E-state index is 6.43. The summed E-state index contributed by atoms with van der Waals surface area (Å²) in [5.41, 5.74) is 0.639. The molecule has 46 heavy (non-hydrogen) atoms. The zero-order valence-corrected chi connectivity index (χ0v) is 25.3. The number of hydrogen-bond donors (Lipinski definition) is 3. The van der Waals surface area contributed by atoms with Gasteiger partial charge in [0.05, 0.1) is 12.0 Å². The number of fused-ring (bicyclic) bond motifs is 1. The Morgan fingerprint density at radius 1 is 0.696 bits per heavy atom. The van der Waals surface area contributed by atoms with E-state index >= 15 is 0 Å². The maximum absolute atomic E-state index is 6.43. The van der Waals surface area contributed by atoms with Crippen molar-refractivity contribution in [2.24, 2.45) is 0 Å². The number of imidazole rings is 1. The van der Waals surface area contributed by atoms with Gasteiger partial charge in [0.1, 0.15) is 16.6 Å². The number of benzene rings is 3. The lowest BCUT2D eigenvalue weighted by atomic mass is 9.64. The van der Waals surface area contributed by atoms with Crippen LogP contribution in [0.2, 0.25) is 0 Å². The Bertz CT molecular complexity index is 2170. The van der Waals surface area contributed by atoms with Gasteiger partial charge in [0.2, 0.25) is 5.88 Å². The van der Waals surface area contributed by atoms with Gasteiger partial charge in [-0.05, 0) is 63.7 Å². The molecule has 9 nitrogen and oxygen atoms in total. The molecule has 0 bridgehead atoms. The van der Waals surface area contributed by atoms with Crippen LogP contribution in [0.15, 0.2) is 156 Å². The van der Waals surface area contributed by atoms with Gasteiger partial charge in [-0.3, -0.25) is 5.10 Å². The summed E-state index contributed by atoms with van der Waals surface area (Å²) >= 11 is 1.64. The largest absolute Gasteiger partial charge is 0.447 e. The van der Waals surface area contributed by atoms with Crippen molar-refractivity contribution in [1.29, 1.82) is 0 Å². The molecule has 2 unspecified atom stereocenters. The average molecular weight is 621 g/mol. The van der Waals surface area contributed by atoms with Crippen molar-refractivity contribution < 1.29 is 4.42 Å². The van der Waals surface area contributed by atoms with Crippen molar-refractivity contribution in [3.63, 3.8) is 0 Å². The normalized spacial score (nSPS) is 19.8. The monoisotopic (exact) mass is 620 g/mol. The van der Waals surface area contributed by atoms with E-state index in [0.717, 1.165) is 38.4 Å². The summed E-state index contributed by atoms with van der Waals surface area (Å²) in [6.07, 6.45) is 9.19. The van der Waals surface area contributed by atoms with Gasteiger partial charge >= 0.3 is 0 Å². The highest BCUT2D eigenvalue weighted by atomic mass is 32.1. The van der Waals surface area contributed by atoms with Gasteiger partial charge in [0.25, 0.3) is 0 Å². The predicted molar refractivity (Wildman–Crippen MR) is 180 cm³/mol. The van der Waals surface area contributed by atoms with Crippen LogP contribution in [0.1, 0.15) is 22.6 Å². The number of hydrogen-bond acceptors (Lipinski definition) is 7. The fourth-order valence-electron chi connectivity index (χ4n) is 7.29. The lowest BCUT2D eigenvalue weighted by Crippen LogP contribution is -2.60. The van der Waals surface area contributed by atoms with Gasteiger partial charge in [-0.15, -0.1) is 11.3 Å². The van der Waals surface area contributed by atoms with Crippen molar-refractivity contribution in [1.82, 2.24) is 25.1 Å². The van der Waals surface area contributed by atoms with Crippen molar-refractivity contribution >= 4 is 38.8 Å². The van der Waals surface area contributed by atoms with E-state index in [-0.39, 0.29) is 0 Å². The summed E-state index contributed by atoms with van der Waals surface area (Å²) in [5, 5.41) is 20.1. The average Bonchev–Trinajstić information content (AvgIpc) is 3.95. The molecule has 1 saturated heterocycles. The Labute approximate surface area is 268 Å². The number of aromatic nitrogens is 5. The van der Waals surface area contributed by atoms with Crippen LogP contribution in [0.4, 0.5) is 16.7 Å². The zero-order valence-electron chi connectivity index (χ0n) is 24.5. The Morgan fingerprint density at radius 3 is 2.33 bits per heavy atom. The first-order valence-electron chi connectivity index (χ1n) is 15.0. The number of thiophene rings is 1. The van der Waals surface area contributed by atoms with Crippen LogP contribution in [-0.2, 0) is 11.1 Å². The van der Waals surface area contributed by atoms with Crippen LogP contribution in [-0.4, -0.2) is 25.1 Å². The van der Waals surface area contributed by atoms with E-state index in [2.05, 4.69) is 132 Å². The highest BCUT2D eigenvalue weighted by Gasteiger charge is 2.74. The first-order valence-corrected chi connectivity index (χ1v) is 15.9. The van der Waals surface area contributed by atoms with Gasteiger partial charge in [0, 0.05) is 30.9 Å². The third kappa shape index (κ3) is 3.44. The van der Waals surface area contributed by atoms with Gasteiger partial charge < -0.3 is 14.4 Å². The number of anilines is 3. The molecule has 1 aliphatic rings. The van der Waals surface area contributed by atoms with Crippen molar-refractivity contribution in [3.05, 3.63) is 174 Å². The fourth-order valence-corrected chi connectivity index (χ4v) is 8.00. The van der Waals surface area contributed by atoms with Crippen LogP contribution >= 0.6 is 11.3 Å². The zero-order chi connectivity index (χ0) is 30.6. The number of aromatic amines is 3. The number of rotatable bonds is 7. The SMILES string of the molecule is c1ccc(C2(c3ccn[nH]3)N(c3ccc[nH]3)N(c3cccs3)N(c3ccco3)C2(c2ncc[nH]2)c2cccc3ccccc23)cc1. The van der Waals surface area contributed by atoms with Crippen LogP contribution in [0.25, 0.3) is 10.8 Å². The number of H-pyrrole nitrogens is 3. The van der Waals surface area contributed by atoms with Crippen LogP contribution in [0.5, 0.6) is 0 Å². The molecule has 0 radical (unpaired) electrons. The molecule has 3 aromatic carbocycles. The minimum atomic E-state index is -1.15. The Balaban J connectivity index is 1.59. The quantitative estimate of drug-likeness (QED) is 0.168. The van der Waals surface area contributed by atoms with E-state index in [0.29, 0.717) is 11.7 Å². The Morgan fingerprint density at radius 2 is 1.59 bits per heavy atom. The molecule has 6 heterocycles. The number of hydrazine groups is 2. The van der Waals surface area contributed by atoms with E-state index in [4.69, 9.17) is 9.40 Å². The number of nitrogens with one attached hydrogen (secondary N) is 3. The highest BCUT2D eigenvalue weighted by Crippen LogP contribution is 2.64. The van der Waals surface area contributed by atoms with E-state index in [1.165, 1.54) is 0 Å². The van der Waals surface area contributed by atoms with E-state index in [1.807, 2.05) is 49.1 Å². The Kier molecular flexibility index (Phi) is 5.90. The fraction of sp³-hybridized carbons (Fsp3) is 0.0556. The molecule has 1 fully saturated rings. The molecule has 3 N–H and O–H groups in total. The molecule has 0 amide bonds. The maximum Gasteiger partial charge on any atom is 0.216 e. The van der Waals surface area contributed by atoms with E-state index in [9.17, 15) is 0 Å². The van der Waals surface area contributed by atoms with Crippen LogP contribution < -0.4 is 15.1 Å². The van der Waals surface area contributed by atoms with Gasteiger partial charge in [-0.2, -0.15) is 10.2 Å². The molecule has 0 spiro atoms. The first kappa shape index (κ1) is 26.4. The molecule has 9 rings (SSSR count). The topological polar surface area (TPSA) is 96.0 Å². The summed E-state index contributed by atoms with van der Waals surface area (Å²) in [4.78, 5) is 12.3. The van der Waals surface area contributed by atoms with Gasteiger partial charge in [-0.1, -0.05) is 72.8 Å². The summed E-state index contributed by atoms with van der Waals surface area (Å²) < 4.78 is 6.43. The second-order valence-electron chi connectivity index (χ2n) is 11.1. The minimum absolute atomic E-state index is 0.631. The number of furan rings is 1. The molecule has 2 atom stereocenters. The van der Waals surface area contributed by atoms with Crippen molar-refractivity contribution in [3.8, 4) is 0 Å². The standard InChI is InChI=1S/C36H28N8OS/c1-2-12-27(13-3-1)35(30-19-21-40-41-30)36(34-38-22-23-39-34,29-15-6-11-26-10-4-5-14-28(26)29)43(32-17-8-24-45-32)44(33-18-9-25-46-33)42(35)31-16-7-20-37-31/h1-25,37H,(H,38,39)(H,40,41). The summed E-state index contributed by atoms with van der Waals surface area (Å²) in [7, 11) is 0. The van der Waals surface area contributed by atoms with Gasteiger partial charge in [0.15, 0.2) is 11.1 Å². The first-order chi connectivity index (χ1) is 22.8. The van der Waals surface area contributed by atoms with E-state index < -0.39 is 11.1 Å². The lowest BCUT2D eigenvalue weighted by molar-refractivity contribution is 0.329. The van der Waals surface area contributed by atoms with Crippen molar-refractivity contribution in [2.45, 2.75) is 11.1 Å². The third-order valence-electron chi connectivity index (χ3n) is 8.87. The molecule has 10 heteroatoms. The second-order valence-corrected chi connectivity index (χ2v) is 12.0. The molecule has 0 aliphatic carbocycles. The molecule has 224 valence electrons. The van der Waals surface area contributed by atoms with Crippen LogP contribution in [0.3, 0.4) is 0 Å². The molecular weight excluding hydrogens is 593 g/mol. The lowest BCUT2D eigenvalue weighted by Gasteiger charge is -2.47. The molecule has 8 aromatic rings. The van der Waals surface area contributed by atoms with Crippen molar-refractivity contribution in [2.75, 3.05) is 15.1 Å². The molecule has 1 aliphatic heterocycles. The summed E-state index contributed by atoms with van der Waals surface area (Å²) in [5.74, 6) is 2.21. The summed E-state index contributed by atoms with van der Waals surface area (Å²) in [6.45, 7) is 0. The predicted octanol–water partition coefficient (Wildman–Crippen LogP) is 7.82.